The summed E-state index contributed by atoms with van der Waals surface area (Å²) in [7, 11) is 3.07. The zero-order valence-corrected chi connectivity index (χ0v) is 16.3. The van der Waals surface area contributed by atoms with Gasteiger partial charge in [-0.3, -0.25) is 9.59 Å². The Morgan fingerprint density at radius 2 is 1.78 bits per heavy atom. The van der Waals surface area contributed by atoms with E-state index in [0.717, 1.165) is 11.1 Å². The third-order valence-corrected chi connectivity index (χ3v) is 4.16. The van der Waals surface area contributed by atoms with E-state index in [1.165, 1.54) is 7.11 Å². The van der Waals surface area contributed by atoms with Crippen molar-refractivity contribution in [1.29, 1.82) is 0 Å². The molecule has 0 saturated heterocycles. The molecule has 6 nitrogen and oxygen atoms in total. The summed E-state index contributed by atoms with van der Waals surface area (Å²) in [6, 6.07) is 10.9. The lowest BCUT2D eigenvalue weighted by Gasteiger charge is -2.16. The molecule has 0 aliphatic carbocycles. The summed E-state index contributed by atoms with van der Waals surface area (Å²) in [5.41, 5.74) is 3.34. The Balaban J connectivity index is 1.98. The number of carbonyl (C=O) groups is 2. The van der Waals surface area contributed by atoms with Crippen molar-refractivity contribution in [2.24, 2.45) is 0 Å². The van der Waals surface area contributed by atoms with Crippen LogP contribution >= 0.6 is 0 Å². The van der Waals surface area contributed by atoms with Crippen molar-refractivity contribution in [1.82, 2.24) is 0 Å². The van der Waals surface area contributed by atoms with Crippen LogP contribution < -0.4 is 14.8 Å². The van der Waals surface area contributed by atoms with E-state index in [4.69, 9.17) is 14.2 Å². The molecule has 144 valence electrons. The van der Waals surface area contributed by atoms with E-state index >= 15 is 0 Å². The molecule has 1 amide bonds. The molecule has 6 heteroatoms. The van der Waals surface area contributed by atoms with Gasteiger partial charge in [0.1, 0.15) is 11.5 Å². The van der Waals surface area contributed by atoms with Crippen LogP contribution in [0.15, 0.2) is 36.4 Å². The maximum absolute atomic E-state index is 12.3. The Labute approximate surface area is 159 Å². The number of hydrogen-bond donors (Lipinski definition) is 1. The molecule has 0 aromatic heterocycles. The van der Waals surface area contributed by atoms with Gasteiger partial charge in [0.25, 0.3) is 5.91 Å². The topological polar surface area (TPSA) is 73.9 Å². The predicted octanol–water partition coefficient (Wildman–Crippen LogP) is 3.43. The minimum absolute atomic E-state index is 0.00569. The average Bonchev–Trinajstić information content (AvgIpc) is 2.64. The fraction of sp³-hybridized carbons (Fsp3) is 0.333. The Bertz CT molecular complexity index is 831. The first-order chi connectivity index (χ1) is 12.8. The normalized spacial score (nSPS) is 11.4. The fourth-order valence-electron chi connectivity index (χ4n) is 2.55. The van der Waals surface area contributed by atoms with E-state index < -0.39 is 12.1 Å². The second kappa shape index (κ2) is 9.07. The Hall–Kier alpha value is -3.02. The van der Waals surface area contributed by atoms with Gasteiger partial charge in [0, 0.05) is 17.3 Å². The highest BCUT2D eigenvalue weighted by atomic mass is 16.5. The van der Waals surface area contributed by atoms with Crippen LogP contribution in [0.25, 0.3) is 0 Å². The number of amides is 1. The number of methoxy groups -OCH3 is 2. The van der Waals surface area contributed by atoms with Crippen molar-refractivity contribution in [3.8, 4) is 11.5 Å². The smallest absolute Gasteiger partial charge is 0.311 e. The minimum Gasteiger partial charge on any atom is -0.497 e. The van der Waals surface area contributed by atoms with Crippen molar-refractivity contribution in [2.75, 3.05) is 19.5 Å². The maximum Gasteiger partial charge on any atom is 0.311 e. The van der Waals surface area contributed by atoms with E-state index in [9.17, 15) is 9.59 Å². The zero-order chi connectivity index (χ0) is 20.0. The number of esters is 1. The lowest BCUT2D eigenvalue weighted by atomic mass is 10.1. The Morgan fingerprint density at radius 3 is 2.44 bits per heavy atom. The minimum atomic E-state index is -0.915. The van der Waals surface area contributed by atoms with Crippen LogP contribution in [0.4, 0.5) is 5.69 Å². The highest BCUT2D eigenvalue weighted by Gasteiger charge is 2.20. The first-order valence-electron chi connectivity index (χ1n) is 8.62. The third kappa shape index (κ3) is 5.48. The van der Waals surface area contributed by atoms with Crippen LogP contribution in [-0.2, 0) is 20.7 Å². The van der Waals surface area contributed by atoms with Gasteiger partial charge in [-0.2, -0.15) is 0 Å². The summed E-state index contributed by atoms with van der Waals surface area (Å²) >= 11 is 0. The van der Waals surface area contributed by atoms with E-state index in [2.05, 4.69) is 5.32 Å². The van der Waals surface area contributed by atoms with Crippen LogP contribution in [-0.4, -0.2) is 32.2 Å². The average molecular weight is 371 g/mol. The summed E-state index contributed by atoms with van der Waals surface area (Å²) in [4.78, 5) is 24.6. The fourth-order valence-corrected chi connectivity index (χ4v) is 2.55. The van der Waals surface area contributed by atoms with Gasteiger partial charge in [-0.25, -0.2) is 0 Å². The van der Waals surface area contributed by atoms with Gasteiger partial charge in [0.05, 0.1) is 20.6 Å². The monoisotopic (exact) mass is 371 g/mol. The Kier molecular flexibility index (Phi) is 6.82. The number of benzene rings is 2. The van der Waals surface area contributed by atoms with Crippen molar-refractivity contribution in [3.05, 3.63) is 53.1 Å². The van der Waals surface area contributed by atoms with Crippen molar-refractivity contribution in [3.63, 3.8) is 0 Å². The molecule has 2 aromatic carbocycles. The highest BCUT2D eigenvalue weighted by molar-refractivity contribution is 5.95. The van der Waals surface area contributed by atoms with E-state index in [1.807, 2.05) is 32.0 Å². The SMILES string of the molecule is COc1ccc(CC(=O)O[C@H](C)C(=O)Nc2cc(C)ccc2C)c(OC)c1. The third-order valence-electron chi connectivity index (χ3n) is 4.16. The molecular formula is C21H25NO5. The van der Waals surface area contributed by atoms with E-state index in [1.54, 1.807) is 32.2 Å². The number of carbonyl (C=O) groups excluding carboxylic acids is 2. The van der Waals surface area contributed by atoms with Crippen molar-refractivity contribution < 1.29 is 23.8 Å². The molecule has 2 rings (SSSR count). The molecule has 0 spiro atoms. The van der Waals surface area contributed by atoms with Gasteiger partial charge < -0.3 is 19.5 Å². The van der Waals surface area contributed by atoms with Crippen LogP contribution in [0.2, 0.25) is 0 Å². The standard InChI is InChI=1S/C21H25NO5/c1-13-6-7-14(2)18(10-13)22-21(24)15(3)27-20(23)11-16-8-9-17(25-4)12-19(16)26-5/h6-10,12,15H,11H2,1-5H3,(H,22,24)/t15-/m1/s1. The number of nitrogens with one attached hydrogen (secondary N) is 1. The molecule has 0 aliphatic heterocycles. The van der Waals surface area contributed by atoms with Crippen molar-refractivity contribution >= 4 is 17.6 Å². The molecule has 27 heavy (non-hydrogen) atoms. The second-order valence-electron chi connectivity index (χ2n) is 6.29. The highest BCUT2D eigenvalue weighted by Crippen LogP contribution is 2.25. The number of hydrogen-bond acceptors (Lipinski definition) is 5. The van der Waals surface area contributed by atoms with Gasteiger partial charge in [0.15, 0.2) is 6.10 Å². The summed E-state index contributed by atoms with van der Waals surface area (Å²) in [5, 5.41) is 2.80. The summed E-state index contributed by atoms with van der Waals surface area (Å²) < 4.78 is 15.7. The van der Waals surface area contributed by atoms with Crippen LogP contribution in [0.5, 0.6) is 11.5 Å². The molecule has 1 N–H and O–H groups in total. The number of rotatable bonds is 7. The molecule has 0 aliphatic rings. The van der Waals surface area contributed by atoms with Gasteiger partial charge >= 0.3 is 5.97 Å². The van der Waals surface area contributed by atoms with E-state index in [0.29, 0.717) is 22.7 Å². The first kappa shape index (κ1) is 20.3. The molecule has 2 aromatic rings. The molecule has 1 atom stereocenters. The zero-order valence-electron chi connectivity index (χ0n) is 16.3. The van der Waals surface area contributed by atoms with Crippen LogP contribution in [0, 0.1) is 13.8 Å². The van der Waals surface area contributed by atoms with Crippen molar-refractivity contribution in [2.45, 2.75) is 33.3 Å². The predicted molar refractivity (Wildman–Crippen MR) is 103 cm³/mol. The lowest BCUT2D eigenvalue weighted by molar-refractivity contribution is -0.152. The van der Waals surface area contributed by atoms with Gasteiger partial charge in [-0.05, 0) is 44.0 Å². The molecule has 0 heterocycles. The molecule has 0 fully saturated rings. The summed E-state index contributed by atoms with van der Waals surface area (Å²) in [6.45, 7) is 5.39. The second-order valence-corrected chi connectivity index (χ2v) is 6.29. The molecule has 0 saturated carbocycles. The van der Waals surface area contributed by atoms with E-state index in [-0.39, 0.29) is 12.3 Å². The molecular weight excluding hydrogens is 346 g/mol. The van der Waals surface area contributed by atoms with Crippen LogP contribution in [0.3, 0.4) is 0 Å². The number of ether oxygens (including phenoxy) is 3. The summed E-state index contributed by atoms with van der Waals surface area (Å²) in [6.07, 6.45) is -0.921. The summed E-state index contributed by atoms with van der Waals surface area (Å²) in [5.74, 6) is 0.268. The van der Waals surface area contributed by atoms with Crippen LogP contribution in [0.1, 0.15) is 23.6 Å². The first-order valence-corrected chi connectivity index (χ1v) is 8.62. The molecule has 0 bridgehead atoms. The number of anilines is 1. The quantitative estimate of drug-likeness (QED) is 0.755. The number of aryl methyl sites for hydroxylation is 2. The van der Waals surface area contributed by atoms with Gasteiger partial charge in [-0.15, -0.1) is 0 Å². The van der Waals surface area contributed by atoms with Gasteiger partial charge in [0.2, 0.25) is 0 Å². The molecule has 0 radical (unpaired) electrons. The largest absolute Gasteiger partial charge is 0.497 e. The Morgan fingerprint density at radius 1 is 1.04 bits per heavy atom. The molecule has 0 unspecified atom stereocenters. The lowest BCUT2D eigenvalue weighted by Crippen LogP contribution is -2.30. The maximum atomic E-state index is 12.3. The van der Waals surface area contributed by atoms with Gasteiger partial charge in [-0.1, -0.05) is 18.2 Å².